The molecule has 1 fully saturated rings. The smallest absolute Gasteiger partial charge is 0.407 e. The minimum absolute atomic E-state index is 0.117. The van der Waals surface area contributed by atoms with E-state index in [0.29, 0.717) is 22.2 Å². The van der Waals surface area contributed by atoms with Crippen molar-refractivity contribution < 1.29 is 14.6 Å². The molecule has 2 unspecified atom stereocenters. The molecular weight excluding hydrogens is 313 g/mol. The Morgan fingerprint density at radius 2 is 2.10 bits per heavy atom. The average molecular weight is 332 g/mol. The molecule has 2 rings (SSSR count). The number of amides is 1. The maximum Gasteiger partial charge on any atom is 0.407 e. The molecule has 6 heteroatoms. The van der Waals surface area contributed by atoms with Crippen molar-refractivity contribution in [2.45, 2.75) is 38.7 Å². The summed E-state index contributed by atoms with van der Waals surface area (Å²) in [5.41, 5.74) is 0.154. The third kappa shape index (κ3) is 4.17. The Morgan fingerprint density at radius 3 is 2.71 bits per heavy atom. The largest absolute Gasteiger partial charge is 0.508 e. The Morgan fingerprint density at radius 1 is 1.43 bits per heavy atom. The number of ether oxygens (including phenoxy) is 1. The van der Waals surface area contributed by atoms with Crippen molar-refractivity contribution in [1.29, 1.82) is 0 Å². The van der Waals surface area contributed by atoms with Crippen molar-refractivity contribution in [3.05, 3.63) is 27.7 Å². The molecule has 116 valence electrons. The van der Waals surface area contributed by atoms with Gasteiger partial charge in [0.25, 0.3) is 0 Å². The van der Waals surface area contributed by atoms with Crippen LogP contribution in [0.15, 0.2) is 12.1 Å². The zero-order chi connectivity index (χ0) is 15.8. The van der Waals surface area contributed by atoms with Crippen molar-refractivity contribution in [1.82, 2.24) is 5.32 Å². The predicted octanol–water partition coefficient (Wildman–Crippen LogP) is 4.33. The first kappa shape index (κ1) is 16.2. The number of rotatable bonds is 3. The fourth-order valence-corrected chi connectivity index (χ4v) is 2.73. The Bertz CT molecular complexity index is 555. The standard InChI is InChI=1S/C15H19Cl2NO3/c1-15(2,3)21-14(20)18-7-8-6-9(8)12-11(19)5-4-10(16)13(12)17/h4-5,8-9,19H,6-7H2,1-3H3,(H,18,20). The van der Waals surface area contributed by atoms with Gasteiger partial charge in [0, 0.05) is 12.1 Å². The van der Waals surface area contributed by atoms with Crippen LogP contribution in [-0.4, -0.2) is 23.3 Å². The van der Waals surface area contributed by atoms with E-state index in [1.54, 1.807) is 12.1 Å². The minimum Gasteiger partial charge on any atom is -0.508 e. The number of benzene rings is 1. The molecule has 0 heterocycles. The van der Waals surface area contributed by atoms with Crippen LogP contribution in [0, 0.1) is 5.92 Å². The highest BCUT2D eigenvalue weighted by molar-refractivity contribution is 6.42. The molecule has 0 aliphatic heterocycles. The van der Waals surface area contributed by atoms with Crippen LogP contribution in [0.1, 0.15) is 38.7 Å². The number of halogens is 2. The van der Waals surface area contributed by atoms with Gasteiger partial charge in [-0.2, -0.15) is 0 Å². The van der Waals surface area contributed by atoms with E-state index in [1.165, 1.54) is 0 Å². The zero-order valence-corrected chi connectivity index (χ0v) is 13.8. The van der Waals surface area contributed by atoms with Crippen molar-refractivity contribution in [3.63, 3.8) is 0 Å². The molecule has 21 heavy (non-hydrogen) atoms. The quantitative estimate of drug-likeness (QED) is 0.866. The Hall–Kier alpha value is -1.13. The van der Waals surface area contributed by atoms with E-state index < -0.39 is 11.7 Å². The number of phenolic OH excluding ortho intramolecular Hbond substituents is 1. The third-order valence-electron chi connectivity index (χ3n) is 3.31. The lowest BCUT2D eigenvalue weighted by Gasteiger charge is -2.19. The first-order valence-electron chi connectivity index (χ1n) is 6.82. The lowest BCUT2D eigenvalue weighted by Crippen LogP contribution is -2.33. The SMILES string of the molecule is CC(C)(C)OC(=O)NCC1CC1c1c(O)ccc(Cl)c1Cl. The maximum atomic E-state index is 11.6. The minimum atomic E-state index is -0.512. The number of nitrogens with one attached hydrogen (secondary N) is 1. The molecule has 0 aromatic heterocycles. The molecule has 1 aromatic rings. The Labute approximate surface area is 134 Å². The molecule has 1 saturated carbocycles. The molecule has 1 aromatic carbocycles. The number of alkyl carbamates (subject to hydrolysis) is 1. The Kier molecular flexibility index (Phi) is 4.59. The highest BCUT2D eigenvalue weighted by Crippen LogP contribution is 2.53. The highest BCUT2D eigenvalue weighted by atomic mass is 35.5. The summed E-state index contributed by atoms with van der Waals surface area (Å²) < 4.78 is 5.18. The van der Waals surface area contributed by atoms with Crippen molar-refractivity contribution in [3.8, 4) is 5.75 Å². The van der Waals surface area contributed by atoms with E-state index >= 15 is 0 Å². The van der Waals surface area contributed by atoms with E-state index in [2.05, 4.69) is 5.32 Å². The topological polar surface area (TPSA) is 58.6 Å². The van der Waals surface area contributed by atoms with Crippen molar-refractivity contribution >= 4 is 29.3 Å². The molecular formula is C15H19Cl2NO3. The number of hydrogen-bond acceptors (Lipinski definition) is 3. The third-order valence-corrected chi connectivity index (χ3v) is 4.13. The first-order chi connectivity index (χ1) is 9.69. The van der Waals surface area contributed by atoms with Crippen molar-refractivity contribution in [2.75, 3.05) is 6.54 Å². The summed E-state index contributed by atoms with van der Waals surface area (Å²) in [6.45, 7) is 5.94. The number of phenols is 1. The zero-order valence-electron chi connectivity index (χ0n) is 12.2. The Balaban J connectivity index is 1.91. The normalized spacial score (nSPS) is 21.0. The number of carbonyl (C=O) groups excluding carboxylic acids is 1. The van der Waals surface area contributed by atoms with Crippen LogP contribution >= 0.6 is 23.2 Å². The molecule has 4 nitrogen and oxygen atoms in total. The molecule has 2 N–H and O–H groups in total. The lowest BCUT2D eigenvalue weighted by molar-refractivity contribution is 0.0525. The molecule has 0 bridgehead atoms. The first-order valence-corrected chi connectivity index (χ1v) is 7.58. The fraction of sp³-hybridized carbons (Fsp3) is 0.533. The number of carbonyl (C=O) groups is 1. The second-order valence-corrected chi connectivity index (χ2v) is 7.06. The van der Waals surface area contributed by atoms with E-state index in [0.717, 1.165) is 6.42 Å². The van der Waals surface area contributed by atoms with Gasteiger partial charge in [-0.15, -0.1) is 0 Å². The van der Waals surface area contributed by atoms with Crippen LogP contribution < -0.4 is 5.32 Å². The summed E-state index contributed by atoms with van der Waals surface area (Å²) in [7, 11) is 0. The monoisotopic (exact) mass is 331 g/mol. The van der Waals surface area contributed by atoms with Gasteiger partial charge in [0.2, 0.25) is 0 Å². The van der Waals surface area contributed by atoms with Crippen LogP contribution in [0.25, 0.3) is 0 Å². The summed E-state index contributed by atoms with van der Waals surface area (Å²) in [6, 6.07) is 3.11. The van der Waals surface area contributed by atoms with Gasteiger partial charge >= 0.3 is 6.09 Å². The van der Waals surface area contributed by atoms with Crippen LogP contribution in [-0.2, 0) is 4.74 Å². The molecule has 2 atom stereocenters. The average Bonchev–Trinajstić information content (AvgIpc) is 3.09. The molecule has 1 aliphatic carbocycles. The summed E-state index contributed by atoms with van der Waals surface area (Å²) >= 11 is 12.1. The second kappa shape index (κ2) is 5.93. The number of aromatic hydroxyl groups is 1. The van der Waals surface area contributed by atoms with E-state index in [9.17, 15) is 9.90 Å². The molecule has 1 amide bonds. The summed E-state index contributed by atoms with van der Waals surface area (Å²) in [4.78, 5) is 11.6. The predicted molar refractivity (Wildman–Crippen MR) is 83.2 cm³/mol. The van der Waals surface area contributed by atoms with Crippen molar-refractivity contribution in [2.24, 2.45) is 5.92 Å². The van der Waals surface area contributed by atoms with Gasteiger partial charge in [0.15, 0.2) is 0 Å². The van der Waals surface area contributed by atoms with Gasteiger partial charge in [-0.25, -0.2) is 4.79 Å². The maximum absolute atomic E-state index is 11.6. The van der Waals surface area contributed by atoms with Gasteiger partial charge in [-0.3, -0.25) is 0 Å². The molecule has 1 aliphatic rings. The van der Waals surface area contributed by atoms with Gasteiger partial charge in [0.05, 0.1) is 10.0 Å². The van der Waals surface area contributed by atoms with E-state index in [4.69, 9.17) is 27.9 Å². The number of hydrogen-bond donors (Lipinski definition) is 2. The van der Waals surface area contributed by atoms with Crippen LogP contribution in [0.3, 0.4) is 0 Å². The highest BCUT2D eigenvalue weighted by Gasteiger charge is 2.41. The fourth-order valence-electron chi connectivity index (χ4n) is 2.26. The van der Waals surface area contributed by atoms with Crippen LogP contribution in [0.4, 0.5) is 4.79 Å². The molecule has 0 saturated heterocycles. The van der Waals surface area contributed by atoms with E-state index in [-0.39, 0.29) is 17.6 Å². The summed E-state index contributed by atoms with van der Waals surface area (Å²) in [6.07, 6.45) is 0.415. The van der Waals surface area contributed by atoms with Gasteiger partial charge in [0.1, 0.15) is 11.4 Å². The molecule has 0 spiro atoms. The van der Waals surface area contributed by atoms with Crippen LogP contribution in [0.5, 0.6) is 5.75 Å². The molecule has 0 radical (unpaired) electrons. The van der Waals surface area contributed by atoms with Crippen LogP contribution in [0.2, 0.25) is 10.0 Å². The van der Waals surface area contributed by atoms with Gasteiger partial charge in [-0.05, 0) is 51.2 Å². The second-order valence-electron chi connectivity index (χ2n) is 6.28. The van der Waals surface area contributed by atoms with Gasteiger partial charge in [-0.1, -0.05) is 23.2 Å². The lowest BCUT2D eigenvalue weighted by atomic mass is 10.1. The van der Waals surface area contributed by atoms with Gasteiger partial charge < -0.3 is 15.2 Å². The summed E-state index contributed by atoms with van der Waals surface area (Å²) in [5, 5.41) is 13.5. The van der Waals surface area contributed by atoms with E-state index in [1.807, 2.05) is 20.8 Å². The summed E-state index contributed by atoms with van der Waals surface area (Å²) in [5.74, 6) is 0.500.